The van der Waals surface area contributed by atoms with Crippen LogP contribution in [0.2, 0.25) is 13.1 Å². The van der Waals surface area contributed by atoms with Gasteiger partial charge in [0, 0.05) is 9.52 Å². The second-order valence-corrected chi connectivity index (χ2v) is 12.9. The minimum atomic E-state index is 0. The van der Waals surface area contributed by atoms with E-state index < -0.39 is 0 Å². The first kappa shape index (κ1) is 35.7. The van der Waals surface area contributed by atoms with E-state index in [9.17, 15) is 0 Å². The maximum Gasteiger partial charge on any atom is 2.00 e. The second-order valence-electron chi connectivity index (χ2n) is 11.9. The molecule has 0 aliphatic carbocycles. The molecule has 2 atom stereocenters. The van der Waals surface area contributed by atoms with Crippen molar-refractivity contribution in [1.29, 1.82) is 0 Å². The summed E-state index contributed by atoms with van der Waals surface area (Å²) in [5.74, 6) is 1.26. The van der Waals surface area contributed by atoms with Gasteiger partial charge in [0.1, 0.15) is 0 Å². The van der Waals surface area contributed by atoms with Crippen LogP contribution in [0.25, 0.3) is 43.8 Å². The van der Waals surface area contributed by atoms with Crippen LogP contribution in [0.4, 0.5) is 0 Å². The molecule has 0 aromatic heterocycles. The Bertz CT molecular complexity index is 1620. The maximum absolute atomic E-state index is 2.38. The van der Waals surface area contributed by atoms with Crippen molar-refractivity contribution < 1.29 is 26.2 Å². The molecular formula is C42H48SiZr. The van der Waals surface area contributed by atoms with Crippen molar-refractivity contribution in [2.45, 2.75) is 79.3 Å². The molecule has 0 fully saturated rings. The minimum absolute atomic E-state index is 0. The fourth-order valence-corrected chi connectivity index (χ4v) is 5.78. The Hall–Kier alpha value is -2.80. The third kappa shape index (κ3) is 8.26. The van der Waals surface area contributed by atoms with Crippen LogP contribution in [0, 0.1) is 13.8 Å². The van der Waals surface area contributed by atoms with Crippen molar-refractivity contribution in [3.8, 4) is 22.3 Å². The normalized spacial score (nSPS) is 12.0. The molecule has 224 valence electrons. The molecule has 6 aromatic carbocycles. The number of benzene rings is 4. The Balaban J connectivity index is 0.000000216. The van der Waals surface area contributed by atoms with Gasteiger partial charge in [-0.3, -0.25) is 0 Å². The zero-order valence-electron chi connectivity index (χ0n) is 28.0. The second kappa shape index (κ2) is 17.0. The van der Waals surface area contributed by atoms with Gasteiger partial charge < -0.3 is 0 Å². The van der Waals surface area contributed by atoms with E-state index in [0.29, 0.717) is 11.8 Å². The Morgan fingerprint density at radius 1 is 0.545 bits per heavy atom. The van der Waals surface area contributed by atoms with Gasteiger partial charge in [0.25, 0.3) is 0 Å². The summed E-state index contributed by atoms with van der Waals surface area (Å²) >= 11 is 0. The largest absolute Gasteiger partial charge is 2.00 e. The quantitative estimate of drug-likeness (QED) is 0.122. The molecule has 0 aliphatic heterocycles. The van der Waals surface area contributed by atoms with Gasteiger partial charge in [-0.25, -0.2) is 0 Å². The van der Waals surface area contributed by atoms with E-state index in [1.54, 1.807) is 0 Å². The molecule has 6 aromatic rings. The van der Waals surface area contributed by atoms with Gasteiger partial charge in [-0.1, -0.05) is 125 Å². The van der Waals surface area contributed by atoms with Gasteiger partial charge in [-0.05, 0) is 47.9 Å². The van der Waals surface area contributed by atoms with Crippen molar-refractivity contribution in [3.63, 3.8) is 0 Å². The molecule has 0 nitrogen and oxygen atoms in total. The molecule has 2 unspecified atom stereocenters. The van der Waals surface area contributed by atoms with E-state index in [1.807, 2.05) is 0 Å². The first-order valence-corrected chi connectivity index (χ1v) is 17.9. The number of aryl methyl sites for hydroxylation is 2. The third-order valence-corrected chi connectivity index (χ3v) is 8.78. The van der Waals surface area contributed by atoms with Crippen LogP contribution in [0.3, 0.4) is 0 Å². The van der Waals surface area contributed by atoms with E-state index in [1.165, 1.54) is 78.9 Å². The number of rotatable bonds is 6. The number of fused-ring (bicyclic) bond motifs is 2. The average molecular weight is 672 g/mol. The molecule has 2 heteroatoms. The van der Waals surface area contributed by atoms with Crippen molar-refractivity contribution in [1.82, 2.24) is 0 Å². The summed E-state index contributed by atoms with van der Waals surface area (Å²) in [7, 11) is 1.08. The molecule has 6 rings (SSSR count). The topological polar surface area (TPSA) is 0 Å². The van der Waals surface area contributed by atoms with E-state index in [-0.39, 0.29) is 26.2 Å². The summed E-state index contributed by atoms with van der Waals surface area (Å²) in [6, 6.07) is 40.0. The van der Waals surface area contributed by atoms with Crippen molar-refractivity contribution in [2.75, 3.05) is 0 Å². The monoisotopic (exact) mass is 670 g/mol. The Morgan fingerprint density at radius 2 is 0.886 bits per heavy atom. The number of hydrogen-bond acceptors (Lipinski definition) is 0. The fourth-order valence-electron chi connectivity index (χ4n) is 5.78. The van der Waals surface area contributed by atoms with Crippen LogP contribution in [0.15, 0.2) is 109 Å². The summed E-state index contributed by atoms with van der Waals surface area (Å²) in [6.07, 6.45) is 2.38. The predicted molar refractivity (Wildman–Crippen MR) is 194 cm³/mol. The van der Waals surface area contributed by atoms with Crippen LogP contribution < -0.4 is 0 Å². The van der Waals surface area contributed by atoms with Gasteiger partial charge in [-0.2, -0.15) is 12.1 Å². The van der Waals surface area contributed by atoms with E-state index in [4.69, 9.17) is 0 Å². The molecule has 0 heterocycles. The van der Waals surface area contributed by atoms with Gasteiger partial charge in [0.2, 0.25) is 0 Å². The molecule has 0 saturated heterocycles. The van der Waals surface area contributed by atoms with Crippen LogP contribution in [0.5, 0.6) is 0 Å². The molecule has 0 N–H and O–H groups in total. The summed E-state index contributed by atoms with van der Waals surface area (Å²) in [5, 5.41) is 5.50. The van der Waals surface area contributed by atoms with Gasteiger partial charge >= 0.3 is 26.2 Å². The Labute approximate surface area is 288 Å². The minimum Gasteiger partial charge on any atom is -0.164 e. The fraction of sp³-hybridized carbons (Fsp3) is 0.286. The van der Waals surface area contributed by atoms with Crippen molar-refractivity contribution >= 4 is 31.1 Å². The first-order chi connectivity index (χ1) is 20.8. The standard InChI is InChI=1S/2C20H21.C2H6Si.Zr/c2*1-4-14(2)17-12-16-9-7-11-19(20(16)13-17)18-10-6-5-8-15(18)3;1-3-2;/h2*5-14H,4H2,1-3H3;1-2H3;/q2*-1;;+2. The first-order valence-electron chi connectivity index (χ1n) is 15.9. The van der Waals surface area contributed by atoms with E-state index in [2.05, 4.69) is 164 Å². The molecule has 0 spiro atoms. The smallest absolute Gasteiger partial charge is 0.164 e. The van der Waals surface area contributed by atoms with Crippen molar-refractivity contribution in [3.05, 3.63) is 131 Å². The molecule has 0 amide bonds. The Morgan fingerprint density at radius 3 is 1.23 bits per heavy atom. The molecule has 0 saturated carbocycles. The average Bonchev–Trinajstić information content (AvgIpc) is 3.67. The van der Waals surface area contributed by atoms with E-state index in [0.717, 1.165) is 9.52 Å². The van der Waals surface area contributed by atoms with Gasteiger partial charge in [0.15, 0.2) is 0 Å². The molecule has 0 aliphatic rings. The molecule has 2 radical (unpaired) electrons. The van der Waals surface area contributed by atoms with Crippen LogP contribution in [-0.4, -0.2) is 9.52 Å². The van der Waals surface area contributed by atoms with Crippen LogP contribution in [-0.2, 0) is 26.2 Å². The number of hydrogen-bond donors (Lipinski definition) is 0. The van der Waals surface area contributed by atoms with Gasteiger partial charge in [0.05, 0.1) is 0 Å². The molecule has 0 bridgehead atoms. The molecule has 44 heavy (non-hydrogen) atoms. The van der Waals surface area contributed by atoms with Crippen LogP contribution >= 0.6 is 0 Å². The molecular weight excluding hydrogens is 624 g/mol. The zero-order valence-corrected chi connectivity index (χ0v) is 31.4. The van der Waals surface area contributed by atoms with Crippen molar-refractivity contribution in [2.24, 2.45) is 0 Å². The zero-order chi connectivity index (χ0) is 30.9. The van der Waals surface area contributed by atoms with Crippen LogP contribution in [0.1, 0.15) is 74.6 Å². The summed E-state index contributed by atoms with van der Waals surface area (Å²) in [4.78, 5) is 0. The summed E-state index contributed by atoms with van der Waals surface area (Å²) in [6.45, 7) is 17.8. The van der Waals surface area contributed by atoms with E-state index >= 15 is 0 Å². The predicted octanol–water partition coefficient (Wildman–Crippen LogP) is 12.9. The Kier molecular flexibility index (Phi) is 13.8. The third-order valence-electron chi connectivity index (χ3n) is 8.78. The SMILES string of the molecule is CCC(C)c1cc2c(-c3ccccc3C)cccc2[cH-]1.CCC(C)c1cc2c(-c3ccccc3C)cccc2[cH-]1.C[Si]C.[Zr+2]. The summed E-state index contributed by atoms with van der Waals surface area (Å²) in [5.41, 5.74) is 11.0. The maximum atomic E-state index is 2.38. The van der Waals surface area contributed by atoms with Gasteiger partial charge in [-0.15, -0.1) is 69.1 Å². The summed E-state index contributed by atoms with van der Waals surface area (Å²) < 4.78 is 0.